The average molecular weight is 316 g/mol. The van der Waals surface area contributed by atoms with Crippen LogP contribution < -0.4 is 11.1 Å². The monoisotopic (exact) mass is 316 g/mol. The first-order valence-corrected chi connectivity index (χ1v) is 8.99. The third kappa shape index (κ3) is 7.18. The summed E-state index contributed by atoms with van der Waals surface area (Å²) in [6, 6.07) is -0.257. The Hall–Kier alpha value is -0.750. The van der Waals surface area contributed by atoms with Crippen molar-refractivity contribution in [2.24, 2.45) is 11.7 Å². The van der Waals surface area contributed by atoms with Gasteiger partial charge in [-0.1, -0.05) is 19.8 Å². The van der Waals surface area contributed by atoms with Crippen LogP contribution in [-0.4, -0.2) is 42.1 Å². The fourth-order valence-corrected chi connectivity index (χ4v) is 3.36. The highest BCUT2D eigenvalue weighted by Gasteiger charge is 2.22. The SMILES string of the molecule is CCOC(=O)C(N)CCSCC(=O)NC1CCCCC1C. The summed E-state index contributed by atoms with van der Waals surface area (Å²) in [4.78, 5) is 23.2. The number of hydrogen-bond acceptors (Lipinski definition) is 5. The predicted octanol–water partition coefficient (Wildman–Crippen LogP) is 1.69. The van der Waals surface area contributed by atoms with Gasteiger partial charge in [-0.15, -0.1) is 0 Å². The minimum absolute atomic E-state index is 0.0865. The van der Waals surface area contributed by atoms with E-state index in [9.17, 15) is 9.59 Å². The Kier molecular flexibility index (Phi) is 8.76. The number of nitrogens with two attached hydrogens (primary N) is 1. The Labute approximate surface area is 131 Å². The molecule has 1 aliphatic rings. The number of nitrogens with one attached hydrogen (secondary N) is 1. The van der Waals surface area contributed by atoms with Gasteiger partial charge in [-0.05, 0) is 37.9 Å². The molecule has 21 heavy (non-hydrogen) atoms. The lowest BCUT2D eigenvalue weighted by molar-refractivity contribution is -0.144. The van der Waals surface area contributed by atoms with Crippen molar-refractivity contribution in [3.05, 3.63) is 0 Å². The summed E-state index contributed by atoms with van der Waals surface area (Å²) in [5.74, 6) is 1.42. The van der Waals surface area contributed by atoms with Crippen LogP contribution in [0.4, 0.5) is 0 Å². The van der Waals surface area contributed by atoms with Gasteiger partial charge in [0, 0.05) is 6.04 Å². The van der Waals surface area contributed by atoms with Gasteiger partial charge in [0.2, 0.25) is 5.91 Å². The summed E-state index contributed by atoms with van der Waals surface area (Å²) < 4.78 is 4.84. The summed E-state index contributed by atoms with van der Waals surface area (Å²) in [5, 5.41) is 3.12. The largest absolute Gasteiger partial charge is 0.465 e. The second-order valence-electron chi connectivity index (χ2n) is 5.64. The average Bonchev–Trinajstić information content (AvgIpc) is 2.46. The van der Waals surface area contributed by atoms with E-state index in [1.807, 2.05) is 0 Å². The zero-order valence-electron chi connectivity index (χ0n) is 13.1. The van der Waals surface area contributed by atoms with Crippen LogP contribution in [0.15, 0.2) is 0 Å². The minimum Gasteiger partial charge on any atom is -0.465 e. The van der Waals surface area contributed by atoms with Crippen LogP contribution in [0.25, 0.3) is 0 Å². The van der Waals surface area contributed by atoms with Gasteiger partial charge in [0.15, 0.2) is 0 Å². The van der Waals surface area contributed by atoms with Crippen LogP contribution in [-0.2, 0) is 14.3 Å². The molecular formula is C15H28N2O3S. The lowest BCUT2D eigenvalue weighted by Crippen LogP contribution is -2.42. The van der Waals surface area contributed by atoms with Crippen molar-refractivity contribution in [3.8, 4) is 0 Å². The number of carbonyl (C=O) groups excluding carboxylic acids is 2. The molecule has 3 N–H and O–H groups in total. The molecule has 0 radical (unpaired) electrons. The Bertz CT molecular complexity index is 339. The second-order valence-corrected chi connectivity index (χ2v) is 6.74. The van der Waals surface area contributed by atoms with Crippen LogP contribution in [0.2, 0.25) is 0 Å². The van der Waals surface area contributed by atoms with Crippen LogP contribution in [0, 0.1) is 5.92 Å². The number of thioether (sulfide) groups is 1. The van der Waals surface area contributed by atoms with E-state index < -0.39 is 6.04 Å². The topological polar surface area (TPSA) is 81.4 Å². The van der Waals surface area contributed by atoms with Crippen LogP contribution in [0.5, 0.6) is 0 Å². The number of hydrogen-bond donors (Lipinski definition) is 2. The highest BCUT2D eigenvalue weighted by Crippen LogP contribution is 2.23. The molecule has 1 aliphatic carbocycles. The molecule has 1 amide bonds. The van der Waals surface area contributed by atoms with E-state index in [0.29, 0.717) is 36.5 Å². The predicted molar refractivity (Wildman–Crippen MR) is 86.1 cm³/mol. The molecule has 1 fully saturated rings. The van der Waals surface area contributed by atoms with Gasteiger partial charge in [0.05, 0.1) is 12.4 Å². The van der Waals surface area contributed by atoms with Crippen molar-refractivity contribution in [3.63, 3.8) is 0 Å². The number of esters is 1. The van der Waals surface area contributed by atoms with Crippen LogP contribution in [0.1, 0.15) is 46.0 Å². The number of carbonyl (C=O) groups is 2. The summed E-state index contributed by atoms with van der Waals surface area (Å²) in [7, 11) is 0. The molecule has 0 aliphatic heterocycles. The zero-order chi connectivity index (χ0) is 15.7. The van der Waals surface area contributed by atoms with Gasteiger partial charge in [-0.25, -0.2) is 0 Å². The van der Waals surface area contributed by atoms with Crippen molar-refractivity contribution >= 4 is 23.6 Å². The molecule has 0 aromatic heterocycles. The van der Waals surface area contributed by atoms with E-state index in [2.05, 4.69) is 12.2 Å². The Morgan fingerprint density at radius 2 is 2.10 bits per heavy atom. The third-order valence-corrected chi connectivity index (χ3v) is 4.84. The molecule has 0 bridgehead atoms. The highest BCUT2D eigenvalue weighted by molar-refractivity contribution is 7.99. The summed E-state index contributed by atoms with van der Waals surface area (Å²) >= 11 is 1.52. The van der Waals surface area contributed by atoms with Crippen LogP contribution >= 0.6 is 11.8 Å². The van der Waals surface area contributed by atoms with Gasteiger partial charge in [0.25, 0.3) is 0 Å². The zero-order valence-corrected chi connectivity index (χ0v) is 13.9. The maximum atomic E-state index is 11.9. The highest BCUT2D eigenvalue weighted by atomic mass is 32.2. The molecule has 1 saturated carbocycles. The smallest absolute Gasteiger partial charge is 0.322 e. The quantitative estimate of drug-likeness (QED) is 0.526. The first-order chi connectivity index (χ1) is 10.0. The molecule has 5 nitrogen and oxygen atoms in total. The Morgan fingerprint density at radius 3 is 2.76 bits per heavy atom. The summed E-state index contributed by atoms with van der Waals surface area (Å²) in [6.07, 6.45) is 5.30. The van der Waals surface area contributed by atoms with Gasteiger partial charge < -0.3 is 15.8 Å². The molecule has 122 valence electrons. The van der Waals surface area contributed by atoms with Gasteiger partial charge in [0.1, 0.15) is 6.04 Å². The molecule has 0 aromatic carbocycles. The normalized spacial score (nSPS) is 23.4. The van der Waals surface area contributed by atoms with Crippen molar-refractivity contribution in [2.45, 2.75) is 58.0 Å². The van der Waals surface area contributed by atoms with E-state index in [1.165, 1.54) is 31.0 Å². The van der Waals surface area contributed by atoms with E-state index in [0.717, 1.165) is 6.42 Å². The lowest BCUT2D eigenvalue weighted by atomic mass is 9.86. The molecule has 0 saturated heterocycles. The number of amides is 1. The Balaban J connectivity index is 2.11. The van der Waals surface area contributed by atoms with Gasteiger partial charge in [-0.3, -0.25) is 9.59 Å². The molecular weight excluding hydrogens is 288 g/mol. The van der Waals surface area contributed by atoms with Crippen molar-refractivity contribution in [1.29, 1.82) is 0 Å². The van der Waals surface area contributed by atoms with E-state index in [4.69, 9.17) is 10.5 Å². The third-order valence-electron chi connectivity index (χ3n) is 3.85. The maximum Gasteiger partial charge on any atom is 0.322 e. The molecule has 3 atom stereocenters. The molecule has 0 spiro atoms. The van der Waals surface area contributed by atoms with Crippen molar-refractivity contribution in [1.82, 2.24) is 5.32 Å². The molecule has 3 unspecified atom stereocenters. The molecule has 6 heteroatoms. The van der Waals surface area contributed by atoms with E-state index >= 15 is 0 Å². The molecule has 0 aromatic rings. The van der Waals surface area contributed by atoms with Crippen molar-refractivity contribution < 1.29 is 14.3 Å². The first-order valence-electron chi connectivity index (χ1n) is 7.84. The minimum atomic E-state index is -0.584. The van der Waals surface area contributed by atoms with E-state index in [-0.39, 0.29) is 11.9 Å². The van der Waals surface area contributed by atoms with Gasteiger partial charge >= 0.3 is 5.97 Å². The standard InChI is InChI=1S/C15H28N2O3S/c1-3-20-15(19)12(16)8-9-21-10-14(18)17-13-7-5-4-6-11(13)2/h11-13H,3-10,16H2,1-2H3,(H,17,18). The molecule has 0 heterocycles. The lowest BCUT2D eigenvalue weighted by Gasteiger charge is -2.29. The number of ether oxygens (including phenoxy) is 1. The second kappa shape index (κ2) is 10.1. The fraction of sp³-hybridized carbons (Fsp3) is 0.867. The summed E-state index contributed by atoms with van der Waals surface area (Å²) in [5.41, 5.74) is 5.70. The van der Waals surface area contributed by atoms with Crippen molar-refractivity contribution in [2.75, 3.05) is 18.1 Å². The maximum absolute atomic E-state index is 11.9. The summed E-state index contributed by atoms with van der Waals surface area (Å²) in [6.45, 7) is 4.31. The first kappa shape index (κ1) is 18.3. The Morgan fingerprint density at radius 1 is 1.38 bits per heavy atom. The van der Waals surface area contributed by atoms with E-state index in [1.54, 1.807) is 6.92 Å². The molecule has 1 rings (SSSR count). The van der Waals surface area contributed by atoms with Gasteiger partial charge in [-0.2, -0.15) is 11.8 Å². The van der Waals surface area contributed by atoms with Crippen LogP contribution in [0.3, 0.4) is 0 Å². The fourth-order valence-electron chi connectivity index (χ4n) is 2.52. The number of rotatable bonds is 8.